The fourth-order valence-corrected chi connectivity index (χ4v) is 2.45. The minimum Gasteiger partial charge on any atom is -0.382 e. The molecule has 5 heteroatoms. The van der Waals surface area contributed by atoms with Crippen LogP contribution in [0.5, 0.6) is 0 Å². The quantitative estimate of drug-likeness (QED) is 0.792. The fourth-order valence-electron chi connectivity index (χ4n) is 2.45. The minimum absolute atomic E-state index is 0.0455. The van der Waals surface area contributed by atoms with E-state index in [2.05, 4.69) is 24.0 Å². The van der Waals surface area contributed by atoms with E-state index in [9.17, 15) is 4.79 Å². The molecule has 0 radical (unpaired) electrons. The molecule has 1 fully saturated rings. The zero-order valence-corrected chi connectivity index (χ0v) is 10.3. The number of nitrogen functional groups attached to an aromatic ring is 1. The Bertz CT molecular complexity index is 393. The average Bonchev–Trinajstić information content (AvgIpc) is 2.28. The van der Waals surface area contributed by atoms with Crippen molar-refractivity contribution in [2.45, 2.75) is 20.3 Å². The lowest BCUT2D eigenvalue weighted by Crippen LogP contribution is -2.42. The number of hydrogen-bond acceptors (Lipinski definition) is 4. The number of carbonyl (C=O) groups excluding carboxylic acids is 1. The summed E-state index contributed by atoms with van der Waals surface area (Å²) in [7, 11) is 0. The number of rotatable bonds is 1. The number of anilines is 1. The van der Waals surface area contributed by atoms with Crippen LogP contribution in [0.25, 0.3) is 0 Å². The van der Waals surface area contributed by atoms with E-state index >= 15 is 0 Å². The van der Waals surface area contributed by atoms with Crippen LogP contribution < -0.4 is 5.73 Å². The maximum absolute atomic E-state index is 12.2. The van der Waals surface area contributed by atoms with Crippen molar-refractivity contribution in [1.29, 1.82) is 0 Å². The molecule has 2 rings (SSSR count). The number of hydrogen-bond donors (Lipinski definition) is 1. The van der Waals surface area contributed by atoms with Crippen LogP contribution in [0.2, 0.25) is 0 Å². The van der Waals surface area contributed by atoms with E-state index in [0.717, 1.165) is 13.1 Å². The van der Waals surface area contributed by atoms with Crippen molar-refractivity contribution >= 4 is 11.7 Å². The predicted molar refractivity (Wildman–Crippen MR) is 65.3 cm³/mol. The topological polar surface area (TPSA) is 72.1 Å². The van der Waals surface area contributed by atoms with Crippen molar-refractivity contribution in [2.24, 2.45) is 11.8 Å². The normalized spacial score (nSPS) is 24.7. The van der Waals surface area contributed by atoms with Crippen LogP contribution in [0.1, 0.15) is 30.8 Å². The summed E-state index contributed by atoms with van der Waals surface area (Å²) in [4.78, 5) is 14.0. The van der Waals surface area contributed by atoms with Gasteiger partial charge >= 0.3 is 0 Å². The number of carbonyl (C=O) groups is 1. The first-order valence-corrected chi connectivity index (χ1v) is 5.94. The third kappa shape index (κ3) is 2.72. The van der Waals surface area contributed by atoms with Gasteiger partial charge in [0.05, 0.1) is 0 Å². The third-order valence-corrected chi connectivity index (χ3v) is 3.06. The molecule has 1 aromatic rings. The second-order valence-corrected chi connectivity index (χ2v) is 5.00. The first-order valence-electron chi connectivity index (χ1n) is 5.94. The van der Waals surface area contributed by atoms with E-state index in [1.165, 1.54) is 6.42 Å². The average molecular weight is 234 g/mol. The molecule has 0 aliphatic carbocycles. The van der Waals surface area contributed by atoms with E-state index in [1.807, 2.05) is 4.90 Å². The van der Waals surface area contributed by atoms with Crippen molar-refractivity contribution in [3.05, 3.63) is 17.8 Å². The Morgan fingerprint density at radius 3 is 2.47 bits per heavy atom. The van der Waals surface area contributed by atoms with Gasteiger partial charge in [0.2, 0.25) is 0 Å². The van der Waals surface area contributed by atoms with Crippen LogP contribution in [0.4, 0.5) is 5.82 Å². The summed E-state index contributed by atoms with van der Waals surface area (Å²) in [5, 5.41) is 7.55. The van der Waals surface area contributed by atoms with E-state index in [1.54, 1.807) is 12.1 Å². The molecule has 1 amide bonds. The molecule has 1 aliphatic heterocycles. The van der Waals surface area contributed by atoms with Gasteiger partial charge in [-0.05, 0) is 30.4 Å². The molecule has 0 bridgehead atoms. The number of nitrogens with two attached hydrogens (primary N) is 1. The highest BCUT2D eigenvalue weighted by atomic mass is 16.2. The Labute approximate surface area is 101 Å². The molecule has 17 heavy (non-hydrogen) atoms. The lowest BCUT2D eigenvalue weighted by Gasteiger charge is -2.34. The zero-order valence-electron chi connectivity index (χ0n) is 10.3. The maximum Gasteiger partial charge on any atom is 0.274 e. The van der Waals surface area contributed by atoms with E-state index in [4.69, 9.17) is 5.73 Å². The molecule has 1 aromatic heterocycles. The zero-order chi connectivity index (χ0) is 12.4. The van der Waals surface area contributed by atoms with Crippen molar-refractivity contribution in [2.75, 3.05) is 18.8 Å². The Kier molecular flexibility index (Phi) is 3.26. The summed E-state index contributed by atoms with van der Waals surface area (Å²) >= 11 is 0. The second-order valence-electron chi connectivity index (χ2n) is 5.00. The molecule has 0 saturated carbocycles. The van der Waals surface area contributed by atoms with Crippen molar-refractivity contribution in [1.82, 2.24) is 15.1 Å². The van der Waals surface area contributed by atoms with E-state index < -0.39 is 0 Å². The fraction of sp³-hybridized carbons (Fsp3) is 0.583. The molecule has 0 aromatic carbocycles. The van der Waals surface area contributed by atoms with Crippen LogP contribution in [0, 0.1) is 11.8 Å². The number of likely N-dealkylation sites (tertiary alicyclic amines) is 1. The third-order valence-electron chi connectivity index (χ3n) is 3.06. The molecule has 5 nitrogen and oxygen atoms in total. The van der Waals surface area contributed by atoms with Crippen molar-refractivity contribution in [3.63, 3.8) is 0 Å². The molecular weight excluding hydrogens is 216 g/mol. The maximum atomic E-state index is 12.2. The van der Waals surface area contributed by atoms with Crippen LogP contribution in [-0.4, -0.2) is 34.1 Å². The Morgan fingerprint density at radius 2 is 1.94 bits per heavy atom. The molecular formula is C12H18N4O. The molecule has 1 aliphatic rings. The largest absolute Gasteiger partial charge is 0.382 e. The van der Waals surface area contributed by atoms with Gasteiger partial charge in [0.1, 0.15) is 5.82 Å². The van der Waals surface area contributed by atoms with Gasteiger partial charge < -0.3 is 10.6 Å². The van der Waals surface area contributed by atoms with Gasteiger partial charge in [0.25, 0.3) is 5.91 Å². The number of aromatic nitrogens is 2. The SMILES string of the molecule is CC1CC(C)CN(C(=O)c2ccc(N)nn2)C1. The highest BCUT2D eigenvalue weighted by Gasteiger charge is 2.26. The standard InChI is InChI=1S/C12H18N4O/c1-8-5-9(2)7-16(6-8)12(17)10-3-4-11(13)15-14-10/h3-4,8-9H,5-7H2,1-2H3,(H2,13,15). The Balaban J connectivity index is 2.11. The van der Waals surface area contributed by atoms with Gasteiger partial charge in [-0.2, -0.15) is 0 Å². The highest BCUT2D eigenvalue weighted by molar-refractivity contribution is 5.92. The monoisotopic (exact) mass is 234 g/mol. The van der Waals surface area contributed by atoms with Gasteiger partial charge in [0, 0.05) is 13.1 Å². The summed E-state index contributed by atoms with van der Waals surface area (Å²) in [6.45, 7) is 5.94. The van der Waals surface area contributed by atoms with Crippen LogP contribution in [-0.2, 0) is 0 Å². The number of nitrogens with zero attached hydrogens (tertiary/aromatic N) is 3. The van der Waals surface area contributed by atoms with Gasteiger partial charge in [0.15, 0.2) is 5.69 Å². The minimum atomic E-state index is -0.0455. The van der Waals surface area contributed by atoms with E-state index in [-0.39, 0.29) is 5.91 Å². The molecule has 1 saturated heterocycles. The summed E-state index contributed by atoms with van der Waals surface area (Å²) in [6, 6.07) is 3.24. The predicted octanol–water partition coefficient (Wildman–Crippen LogP) is 1.18. The first kappa shape index (κ1) is 11.8. The first-order chi connectivity index (χ1) is 8.06. The van der Waals surface area contributed by atoms with Crippen molar-refractivity contribution in [3.8, 4) is 0 Å². The number of piperidine rings is 1. The van der Waals surface area contributed by atoms with Crippen LogP contribution in [0.3, 0.4) is 0 Å². The summed E-state index contributed by atoms with van der Waals surface area (Å²) in [5.74, 6) is 1.38. The van der Waals surface area contributed by atoms with Crippen molar-refractivity contribution < 1.29 is 4.79 Å². The lowest BCUT2D eigenvalue weighted by atomic mass is 9.92. The molecule has 2 heterocycles. The molecule has 0 spiro atoms. The van der Waals surface area contributed by atoms with Gasteiger partial charge in [-0.3, -0.25) is 4.79 Å². The molecule has 2 N–H and O–H groups in total. The number of amides is 1. The van der Waals surface area contributed by atoms with Gasteiger partial charge in [-0.15, -0.1) is 10.2 Å². The second kappa shape index (κ2) is 4.69. The molecule has 92 valence electrons. The van der Waals surface area contributed by atoms with E-state index in [0.29, 0.717) is 23.3 Å². The molecule has 2 unspecified atom stereocenters. The van der Waals surface area contributed by atoms with Crippen LogP contribution in [0.15, 0.2) is 12.1 Å². The van der Waals surface area contributed by atoms with Gasteiger partial charge in [-0.25, -0.2) is 0 Å². The summed E-state index contributed by atoms with van der Waals surface area (Å²) < 4.78 is 0. The van der Waals surface area contributed by atoms with Crippen LogP contribution >= 0.6 is 0 Å². The summed E-state index contributed by atoms with van der Waals surface area (Å²) in [5.41, 5.74) is 5.83. The van der Waals surface area contributed by atoms with Gasteiger partial charge in [-0.1, -0.05) is 13.8 Å². The smallest absolute Gasteiger partial charge is 0.274 e. The summed E-state index contributed by atoms with van der Waals surface area (Å²) in [6.07, 6.45) is 1.18. The molecule has 2 atom stereocenters. The Hall–Kier alpha value is -1.65. The lowest BCUT2D eigenvalue weighted by molar-refractivity contribution is 0.0616. The Morgan fingerprint density at radius 1 is 1.29 bits per heavy atom. The highest BCUT2D eigenvalue weighted by Crippen LogP contribution is 2.22.